The van der Waals surface area contributed by atoms with Crippen LogP contribution in [0.15, 0.2) is 60.7 Å². The topological polar surface area (TPSA) is 29.5 Å². The predicted octanol–water partition coefficient (Wildman–Crippen LogP) is 5.78. The summed E-state index contributed by atoms with van der Waals surface area (Å²) in [5.74, 6) is -0.144. The molecule has 27 heavy (non-hydrogen) atoms. The molecule has 1 aliphatic heterocycles. The van der Waals surface area contributed by atoms with Crippen LogP contribution in [0.25, 0.3) is 0 Å². The van der Waals surface area contributed by atoms with Crippen LogP contribution in [0.2, 0.25) is 5.02 Å². The van der Waals surface area contributed by atoms with E-state index in [-0.39, 0.29) is 5.97 Å². The molecule has 4 rings (SSSR count). The molecule has 0 aromatic heterocycles. The number of nitrogens with zero attached hydrogens (tertiary/aromatic N) is 1. The van der Waals surface area contributed by atoms with Crippen molar-refractivity contribution >= 4 is 28.9 Å². The van der Waals surface area contributed by atoms with Crippen LogP contribution in [-0.4, -0.2) is 13.0 Å². The number of benzene rings is 3. The molecule has 0 bridgehead atoms. The summed E-state index contributed by atoms with van der Waals surface area (Å²) in [7, 11) is 1.99. The molecular formula is C23H20ClNO2. The Morgan fingerprint density at radius 1 is 0.926 bits per heavy atom. The van der Waals surface area contributed by atoms with Gasteiger partial charge < -0.3 is 9.64 Å². The minimum absolute atomic E-state index is 0.281. The standard InChI is InChI=1S/C23H20ClNO2/c1-14-7-6-8-15(2)22(14)27-23(26)21-17-9-4-5-10-19(17)25(3)20-13-16(24)11-12-18(20)21/h4-13,21H,1-3H3. The minimum Gasteiger partial charge on any atom is -0.425 e. The summed E-state index contributed by atoms with van der Waals surface area (Å²) in [4.78, 5) is 15.4. The number of ether oxygens (including phenoxy) is 1. The molecule has 136 valence electrons. The van der Waals surface area contributed by atoms with Crippen molar-refractivity contribution in [2.24, 2.45) is 0 Å². The highest BCUT2D eigenvalue weighted by Crippen LogP contribution is 2.46. The van der Waals surface area contributed by atoms with Gasteiger partial charge in [-0.15, -0.1) is 0 Å². The average Bonchev–Trinajstić information content (AvgIpc) is 2.65. The Morgan fingerprint density at radius 2 is 1.59 bits per heavy atom. The van der Waals surface area contributed by atoms with E-state index in [1.165, 1.54) is 0 Å². The number of hydrogen-bond donors (Lipinski definition) is 0. The van der Waals surface area contributed by atoms with Gasteiger partial charge in [-0.05, 0) is 54.3 Å². The van der Waals surface area contributed by atoms with E-state index in [9.17, 15) is 4.79 Å². The van der Waals surface area contributed by atoms with Crippen LogP contribution >= 0.6 is 11.6 Å². The third kappa shape index (κ3) is 2.98. The number of anilines is 2. The van der Waals surface area contributed by atoms with Gasteiger partial charge in [0.15, 0.2) is 0 Å². The van der Waals surface area contributed by atoms with Gasteiger partial charge in [0.2, 0.25) is 0 Å². The van der Waals surface area contributed by atoms with E-state index in [2.05, 4.69) is 4.90 Å². The molecule has 0 N–H and O–H groups in total. The molecule has 3 aromatic rings. The van der Waals surface area contributed by atoms with Gasteiger partial charge in [0.05, 0.1) is 0 Å². The molecule has 1 aliphatic rings. The zero-order chi connectivity index (χ0) is 19.1. The molecule has 4 heteroatoms. The van der Waals surface area contributed by atoms with Gasteiger partial charge >= 0.3 is 5.97 Å². The first-order valence-electron chi connectivity index (χ1n) is 8.87. The van der Waals surface area contributed by atoms with Crippen molar-refractivity contribution in [1.29, 1.82) is 0 Å². The Labute approximate surface area is 164 Å². The maximum absolute atomic E-state index is 13.3. The van der Waals surface area contributed by atoms with Gasteiger partial charge in [-0.2, -0.15) is 0 Å². The third-order valence-electron chi connectivity index (χ3n) is 5.12. The summed E-state index contributed by atoms with van der Waals surface area (Å²) in [5.41, 5.74) is 5.63. The lowest BCUT2D eigenvalue weighted by Gasteiger charge is -2.34. The summed E-state index contributed by atoms with van der Waals surface area (Å²) >= 11 is 6.22. The molecule has 0 radical (unpaired) electrons. The molecule has 3 aromatic carbocycles. The maximum Gasteiger partial charge on any atom is 0.323 e. The van der Waals surface area contributed by atoms with Gasteiger partial charge in [0.25, 0.3) is 0 Å². The first-order valence-corrected chi connectivity index (χ1v) is 9.25. The molecular weight excluding hydrogens is 358 g/mol. The van der Waals surface area contributed by atoms with Crippen molar-refractivity contribution in [3.63, 3.8) is 0 Å². The highest BCUT2D eigenvalue weighted by molar-refractivity contribution is 6.31. The van der Waals surface area contributed by atoms with Crippen molar-refractivity contribution < 1.29 is 9.53 Å². The van der Waals surface area contributed by atoms with Crippen molar-refractivity contribution in [1.82, 2.24) is 0 Å². The molecule has 1 unspecified atom stereocenters. The Kier molecular flexibility index (Phi) is 4.40. The zero-order valence-electron chi connectivity index (χ0n) is 15.5. The van der Waals surface area contributed by atoms with Gasteiger partial charge in [-0.1, -0.05) is 54.1 Å². The van der Waals surface area contributed by atoms with Crippen molar-refractivity contribution in [3.05, 3.63) is 87.9 Å². The van der Waals surface area contributed by atoms with E-state index in [1.54, 1.807) is 0 Å². The first-order chi connectivity index (χ1) is 13.0. The molecule has 0 aliphatic carbocycles. The number of hydrogen-bond acceptors (Lipinski definition) is 3. The van der Waals surface area contributed by atoms with Crippen LogP contribution < -0.4 is 9.64 Å². The summed E-state index contributed by atoms with van der Waals surface area (Å²) in [6.07, 6.45) is 0. The smallest absolute Gasteiger partial charge is 0.323 e. The summed E-state index contributed by atoms with van der Waals surface area (Å²) in [6.45, 7) is 3.90. The maximum atomic E-state index is 13.3. The molecule has 3 nitrogen and oxygen atoms in total. The fourth-order valence-electron chi connectivity index (χ4n) is 3.76. The number of fused-ring (bicyclic) bond motifs is 2. The van der Waals surface area contributed by atoms with Gasteiger partial charge in [0.1, 0.15) is 11.7 Å². The van der Waals surface area contributed by atoms with E-state index in [1.807, 2.05) is 81.6 Å². The van der Waals surface area contributed by atoms with Crippen LogP contribution in [-0.2, 0) is 4.79 Å². The fraction of sp³-hybridized carbons (Fsp3) is 0.174. The van der Waals surface area contributed by atoms with Crippen molar-refractivity contribution in [3.8, 4) is 5.75 Å². The number of carbonyl (C=O) groups excluding carboxylic acids is 1. The number of rotatable bonds is 2. The van der Waals surface area contributed by atoms with Crippen LogP contribution in [0.1, 0.15) is 28.2 Å². The number of esters is 1. The quantitative estimate of drug-likeness (QED) is 0.419. The largest absolute Gasteiger partial charge is 0.425 e. The molecule has 1 atom stereocenters. The predicted molar refractivity (Wildman–Crippen MR) is 109 cm³/mol. The van der Waals surface area contributed by atoms with Crippen molar-refractivity contribution in [2.45, 2.75) is 19.8 Å². The summed E-state index contributed by atoms with van der Waals surface area (Å²) < 4.78 is 5.90. The lowest BCUT2D eigenvalue weighted by molar-refractivity contribution is -0.135. The Morgan fingerprint density at radius 3 is 2.33 bits per heavy atom. The number of aryl methyl sites for hydroxylation is 2. The lowest BCUT2D eigenvalue weighted by Crippen LogP contribution is -2.28. The van der Waals surface area contributed by atoms with Crippen LogP contribution in [0.4, 0.5) is 11.4 Å². The van der Waals surface area contributed by atoms with E-state index >= 15 is 0 Å². The normalized spacial score (nSPS) is 15.1. The lowest BCUT2D eigenvalue weighted by atomic mass is 9.85. The summed E-state index contributed by atoms with van der Waals surface area (Å²) in [6, 6.07) is 19.4. The van der Waals surface area contributed by atoms with E-state index in [0.29, 0.717) is 10.8 Å². The molecule has 0 saturated heterocycles. The van der Waals surface area contributed by atoms with Crippen molar-refractivity contribution in [2.75, 3.05) is 11.9 Å². The second kappa shape index (κ2) is 6.75. The van der Waals surface area contributed by atoms with Gasteiger partial charge in [-0.25, -0.2) is 0 Å². The van der Waals surface area contributed by atoms with E-state index < -0.39 is 5.92 Å². The highest BCUT2D eigenvalue weighted by Gasteiger charge is 2.35. The number of para-hydroxylation sites is 2. The van der Waals surface area contributed by atoms with E-state index in [4.69, 9.17) is 16.3 Å². The average molecular weight is 378 g/mol. The van der Waals surface area contributed by atoms with Crippen LogP contribution in [0.3, 0.4) is 0 Å². The number of halogens is 1. The van der Waals surface area contributed by atoms with Gasteiger partial charge in [0, 0.05) is 23.4 Å². The molecule has 0 spiro atoms. The summed E-state index contributed by atoms with van der Waals surface area (Å²) in [5, 5.41) is 0.641. The Balaban J connectivity index is 1.83. The fourth-order valence-corrected chi connectivity index (χ4v) is 3.93. The monoisotopic (exact) mass is 377 g/mol. The number of carbonyl (C=O) groups is 1. The zero-order valence-corrected chi connectivity index (χ0v) is 16.2. The van der Waals surface area contributed by atoms with E-state index in [0.717, 1.165) is 33.6 Å². The molecule has 1 heterocycles. The SMILES string of the molecule is Cc1cccc(C)c1OC(=O)C1c2ccccc2N(C)c2cc(Cl)ccc21. The third-order valence-corrected chi connectivity index (χ3v) is 5.36. The van der Waals surface area contributed by atoms with Crippen LogP contribution in [0, 0.1) is 13.8 Å². The Hall–Kier alpha value is -2.78. The van der Waals surface area contributed by atoms with Crippen LogP contribution in [0.5, 0.6) is 5.75 Å². The molecule has 0 amide bonds. The minimum atomic E-state index is -0.497. The highest BCUT2D eigenvalue weighted by atomic mass is 35.5. The second-order valence-corrected chi connectivity index (χ2v) is 7.33. The first kappa shape index (κ1) is 17.6. The molecule has 0 fully saturated rings. The second-order valence-electron chi connectivity index (χ2n) is 6.90. The Bertz CT molecular complexity index is 1020. The molecule has 0 saturated carbocycles. The van der Waals surface area contributed by atoms with Gasteiger partial charge in [-0.3, -0.25) is 4.79 Å².